The van der Waals surface area contributed by atoms with Gasteiger partial charge in [-0.15, -0.1) is 0 Å². The molecule has 2 fully saturated rings. The molecule has 0 aliphatic carbocycles. The molecule has 0 saturated carbocycles. The molecule has 2 saturated heterocycles. The molecule has 52 heavy (non-hydrogen) atoms. The summed E-state index contributed by atoms with van der Waals surface area (Å²) in [5.74, 6) is 0.128. The van der Waals surface area contributed by atoms with Gasteiger partial charge in [0, 0.05) is 18.8 Å². The van der Waals surface area contributed by atoms with Crippen LogP contribution in [0.25, 0.3) is 0 Å². The zero-order valence-corrected chi connectivity index (χ0v) is 31.2. The summed E-state index contributed by atoms with van der Waals surface area (Å²) >= 11 is 0. The van der Waals surface area contributed by atoms with Crippen molar-refractivity contribution >= 4 is 30.8 Å². The van der Waals surface area contributed by atoms with E-state index in [4.69, 9.17) is 14.2 Å². The van der Waals surface area contributed by atoms with Crippen LogP contribution in [0.2, 0.25) is 18.6 Å². The molecule has 5 rings (SSSR count). The van der Waals surface area contributed by atoms with E-state index in [9.17, 15) is 35.1 Å². The zero-order chi connectivity index (χ0) is 37.6. The van der Waals surface area contributed by atoms with Crippen molar-refractivity contribution < 1.29 is 49.3 Å². The molecule has 12 nitrogen and oxygen atoms in total. The second-order valence-electron chi connectivity index (χ2n) is 14.4. The number of anilines is 1. The predicted octanol–water partition coefficient (Wildman–Crippen LogP) is 2.17. The number of hydrogen-bond donors (Lipinski definition) is 6. The smallest absolute Gasteiger partial charge is 0.256 e. The molecular formula is C39H52N2O10Si. The summed E-state index contributed by atoms with van der Waals surface area (Å²) in [5, 5.41) is 53.3. The molecule has 0 radical (unpaired) electrons. The highest BCUT2D eigenvalue weighted by atomic mass is 28.3. The van der Waals surface area contributed by atoms with Crippen LogP contribution in [0.5, 0.6) is 5.75 Å². The fraction of sp³-hybridized carbons (Fsp3) is 0.487. The topological polar surface area (TPSA) is 178 Å². The molecule has 0 unspecified atom stereocenters. The Bertz CT molecular complexity index is 1610. The molecule has 2 amide bonds. The van der Waals surface area contributed by atoms with Gasteiger partial charge in [0.25, 0.3) is 5.91 Å². The van der Waals surface area contributed by atoms with Crippen molar-refractivity contribution in [3.05, 3.63) is 90.0 Å². The van der Waals surface area contributed by atoms with Crippen molar-refractivity contribution in [2.24, 2.45) is 5.92 Å². The molecule has 0 aromatic heterocycles. The minimum Gasteiger partial charge on any atom is -0.497 e. The SMILES string of the molecule is COc1ccc([Si](C)(C)[C@@H]2[C@@H](C)[C@@H](CCc3ccc(NC(=O)[C@H]4O[C@@H](O)[C@H](O)[C@@H](O)[C@@H]4O)cc3)O[C@H]2CC(=O)N(CCO)Cc2ccccc2)cc1. The molecule has 13 heteroatoms. The van der Waals surface area contributed by atoms with Crippen LogP contribution in [0, 0.1) is 5.92 Å². The number of aliphatic hydroxyl groups is 5. The largest absolute Gasteiger partial charge is 0.497 e. The van der Waals surface area contributed by atoms with E-state index < -0.39 is 44.7 Å². The van der Waals surface area contributed by atoms with Crippen LogP contribution in [0.4, 0.5) is 5.69 Å². The van der Waals surface area contributed by atoms with Crippen LogP contribution in [0.1, 0.15) is 30.9 Å². The van der Waals surface area contributed by atoms with Gasteiger partial charge in [-0.3, -0.25) is 9.59 Å². The van der Waals surface area contributed by atoms with E-state index in [0.29, 0.717) is 25.1 Å². The monoisotopic (exact) mass is 736 g/mol. The number of rotatable bonds is 14. The molecule has 2 aliphatic heterocycles. The van der Waals surface area contributed by atoms with Gasteiger partial charge in [-0.2, -0.15) is 0 Å². The predicted molar refractivity (Wildman–Crippen MR) is 198 cm³/mol. The van der Waals surface area contributed by atoms with Crippen LogP contribution in [-0.2, 0) is 32.0 Å². The van der Waals surface area contributed by atoms with Crippen LogP contribution < -0.4 is 15.2 Å². The number of methoxy groups -OCH3 is 1. The number of carbonyl (C=O) groups is 2. The maximum atomic E-state index is 13.9. The van der Waals surface area contributed by atoms with Crippen molar-refractivity contribution in [1.82, 2.24) is 4.90 Å². The molecule has 3 aromatic rings. The van der Waals surface area contributed by atoms with Gasteiger partial charge in [0.2, 0.25) is 5.91 Å². The first-order chi connectivity index (χ1) is 24.8. The summed E-state index contributed by atoms with van der Waals surface area (Å²) in [5.41, 5.74) is 2.57. The van der Waals surface area contributed by atoms with Crippen molar-refractivity contribution in [2.75, 3.05) is 25.6 Å². The standard InChI is InChI=1S/C39H52N2O10Si/c1-24-30(19-12-25-10-13-27(14-11-25)40-38(47)36-34(45)33(44)35(46)39(48)51-36)50-31(37(24)52(3,4)29-17-15-28(49-2)16-18-29)22-32(43)41(20-21-42)23-26-8-6-5-7-9-26/h5-11,13-18,24,30-31,33-37,39,42,44-46,48H,12,19-23H2,1-4H3,(H,40,47)/t24-,30+,31-,33-,34-,35+,36-,37+,39+/m0/s1. The number of amides is 2. The number of aliphatic hydroxyl groups excluding tert-OH is 5. The minimum absolute atomic E-state index is 0.0516. The third-order valence-electron chi connectivity index (χ3n) is 10.7. The normalized spacial score (nSPS) is 27.6. The van der Waals surface area contributed by atoms with Gasteiger partial charge < -0.3 is 50.0 Å². The molecule has 6 N–H and O–H groups in total. The number of carbonyl (C=O) groups excluding carboxylic acids is 2. The van der Waals surface area contributed by atoms with Gasteiger partial charge in [-0.25, -0.2) is 0 Å². The zero-order valence-electron chi connectivity index (χ0n) is 30.2. The van der Waals surface area contributed by atoms with Crippen LogP contribution in [0.15, 0.2) is 78.9 Å². The first-order valence-electron chi connectivity index (χ1n) is 17.8. The average molecular weight is 737 g/mol. The molecule has 282 valence electrons. The minimum atomic E-state index is -2.22. The molecule has 0 bridgehead atoms. The number of nitrogens with zero attached hydrogens (tertiary/aromatic N) is 1. The van der Waals surface area contributed by atoms with E-state index in [1.165, 1.54) is 5.19 Å². The van der Waals surface area contributed by atoms with Gasteiger partial charge in [0.05, 0.1) is 40.4 Å². The number of aryl methyl sites for hydroxylation is 1. The fourth-order valence-electron chi connectivity index (χ4n) is 7.72. The molecule has 2 aliphatic rings. The lowest BCUT2D eigenvalue weighted by Gasteiger charge is -2.37. The summed E-state index contributed by atoms with van der Waals surface area (Å²) in [6, 6.07) is 25.2. The second-order valence-corrected chi connectivity index (χ2v) is 19.1. The van der Waals surface area contributed by atoms with E-state index in [1.54, 1.807) is 24.1 Å². The van der Waals surface area contributed by atoms with Crippen molar-refractivity contribution in [2.45, 2.75) is 94.3 Å². The van der Waals surface area contributed by atoms with Crippen LogP contribution in [0.3, 0.4) is 0 Å². The summed E-state index contributed by atoms with van der Waals surface area (Å²) in [6.07, 6.45) is -7.36. The first kappa shape index (κ1) is 39.5. The lowest BCUT2D eigenvalue weighted by atomic mass is 9.95. The van der Waals surface area contributed by atoms with E-state index in [-0.39, 0.29) is 49.1 Å². The van der Waals surface area contributed by atoms with Gasteiger partial charge in [0.1, 0.15) is 24.1 Å². The Morgan fingerprint density at radius 2 is 1.52 bits per heavy atom. The number of benzene rings is 3. The Hall–Kier alpha value is -3.66. The number of ether oxygens (including phenoxy) is 3. The Kier molecular flexibility index (Phi) is 13.3. The van der Waals surface area contributed by atoms with Crippen molar-refractivity contribution in [1.29, 1.82) is 0 Å². The third kappa shape index (κ3) is 9.09. The van der Waals surface area contributed by atoms with E-state index in [2.05, 4.69) is 37.5 Å². The Balaban J connectivity index is 1.28. The molecule has 3 aromatic carbocycles. The number of hydrogen-bond acceptors (Lipinski definition) is 10. The number of nitrogens with one attached hydrogen (secondary N) is 1. The molecule has 2 heterocycles. The Labute approximate surface area is 306 Å². The van der Waals surface area contributed by atoms with Gasteiger partial charge in [0.15, 0.2) is 12.4 Å². The lowest BCUT2D eigenvalue weighted by molar-refractivity contribution is -0.274. The Morgan fingerprint density at radius 3 is 2.15 bits per heavy atom. The lowest BCUT2D eigenvalue weighted by Crippen LogP contribution is -2.60. The first-order valence-corrected chi connectivity index (χ1v) is 20.9. The average Bonchev–Trinajstić information content (AvgIpc) is 3.46. The van der Waals surface area contributed by atoms with E-state index >= 15 is 0 Å². The summed E-state index contributed by atoms with van der Waals surface area (Å²) in [6.45, 7) is 7.41. The van der Waals surface area contributed by atoms with Crippen molar-refractivity contribution in [3.63, 3.8) is 0 Å². The highest BCUT2D eigenvalue weighted by Crippen LogP contribution is 2.46. The highest BCUT2D eigenvalue weighted by molar-refractivity contribution is 6.91. The fourth-order valence-corrected chi connectivity index (χ4v) is 11.8. The van der Waals surface area contributed by atoms with Crippen molar-refractivity contribution in [3.8, 4) is 5.75 Å². The summed E-state index contributed by atoms with van der Waals surface area (Å²) in [7, 11) is -0.573. The maximum Gasteiger partial charge on any atom is 0.256 e. The maximum absolute atomic E-state index is 13.9. The molecular weight excluding hydrogens is 685 g/mol. The molecule has 0 spiro atoms. The molecule has 9 atom stereocenters. The third-order valence-corrected chi connectivity index (χ3v) is 15.1. The van der Waals surface area contributed by atoms with Gasteiger partial charge in [-0.1, -0.05) is 79.8 Å². The van der Waals surface area contributed by atoms with E-state index in [0.717, 1.165) is 16.9 Å². The quantitative estimate of drug-likeness (QED) is 0.135. The summed E-state index contributed by atoms with van der Waals surface area (Å²) in [4.78, 5) is 28.4. The second kappa shape index (κ2) is 17.4. The van der Waals surface area contributed by atoms with Gasteiger partial charge in [-0.05, 0) is 59.7 Å². The Morgan fingerprint density at radius 1 is 0.846 bits per heavy atom. The van der Waals surface area contributed by atoms with Gasteiger partial charge >= 0.3 is 0 Å². The van der Waals surface area contributed by atoms with Crippen LogP contribution in [-0.4, -0.2) is 113 Å². The summed E-state index contributed by atoms with van der Waals surface area (Å²) < 4.78 is 17.3. The van der Waals surface area contributed by atoms with Crippen LogP contribution >= 0.6 is 0 Å². The highest BCUT2D eigenvalue weighted by Gasteiger charge is 2.51. The van der Waals surface area contributed by atoms with E-state index in [1.807, 2.05) is 54.6 Å².